The van der Waals surface area contributed by atoms with Gasteiger partial charge in [-0.25, -0.2) is 13.1 Å². The van der Waals surface area contributed by atoms with Gasteiger partial charge in [0.05, 0.1) is 12.3 Å². The molecule has 2 rings (SSSR count). The van der Waals surface area contributed by atoms with Gasteiger partial charge in [0, 0.05) is 19.2 Å². The van der Waals surface area contributed by atoms with Crippen LogP contribution in [-0.2, 0) is 21.2 Å². The number of aromatic nitrogens is 3. The number of carbonyl (C=O) groups is 1. The summed E-state index contributed by atoms with van der Waals surface area (Å²) < 4.78 is 29.4. The van der Waals surface area contributed by atoms with Gasteiger partial charge in [-0.05, 0) is 19.1 Å². The van der Waals surface area contributed by atoms with Gasteiger partial charge in [0.1, 0.15) is 5.69 Å². The van der Waals surface area contributed by atoms with Crippen LogP contribution in [0.5, 0.6) is 0 Å². The van der Waals surface area contributed by atoms with E-state index in [1.807, 2.05) is 6.07 Å². The Morgan fingerprint density at radius 3 is 2.83 bits per heavy atom. The van der Waals surface area contributed by atoms with Crippen LogP contribution < -0.4 is 10.0 Å². The van der Waals surface area contributed by atoms with E-state index in [0.29, 0.717) is 23.8 Å². The lowest BCUT2D eigenvalue weighted by Crippen LogP contribution is -2.44. The molecule has 1 unspecified atom stereocenters. The number of amides is 1. The van der Waals surface area contributed by atoms with Crippen molar-refractivity contribution in [2.75, 3.05) is 12.8 Å². The van der Waals surface area contributed by atoms with Crippen molar-refractivity contribution in [3.05, 3.63) is 30.3 Å². The summed E-state index contributed by atoms with van der Waals surface area (Å²) in [5.74, 6) is 0.300. The number of rotatable bonds is 7. The minimum atomic E-state index is -3.43. The summed E-state index contributed by atoms with van der Waals surface area (Å²) in [6.45, 7) is 1.71. The fourth-order valence-electron chi connectivity index (χ4n) is 1.78. The van der Waals surface area contributed by atoms with Crippen LogP contribution in [0.2, 0.25) is 0 Å². The minimum Gasteiger partial charge on any atom is -0.354 e. The molecule has 0 aromatic carbocycles. The van der Waals surface area contributed by atoms with E-state index >= 15 is 0 Å². The second-order valence-electron chi connectivity index (χ2n) is 4.88. The lowest BCUT2D eigenvalue weighted by Gasteiger charge is -2.11. The quantitative estimate of drug-likeness (QED) is 0.710. The van der Waals surface area contributed by atoms with Gasteiger partial charge in [-0.2, -0.15) is 4.98 Å². The minimum absolute atomic E-state index is 0.248. The molecule has 0 aliphatic rings. The molecule has 0 aliphatic heterocycles. The molecule has 10 heteroatoms. The van der Waals surface area contributed by atoms with Crippen molar-refractivity contribution in [2.24, 2.45) is 0 Å². The Morgan fingerprint density at radius 1 is 1.39 bits per heavy atom. The van der Waals surface area contributed by atoms with Gasteiger partial charge in [0.25, 0.3) is 0 Å². The second-order valence-corrected chi connectivity index (χ2v) is 6.66. The van der Waals surface area contributed by atoms with Crippen molar-refractivity contribution < 1.29 is 17.7 Å². The van der Waals surface area contributed by atoms with E-state index in [-0.39, 0.29) is 6.54 Å². The zero-order chi connectivity index (χ0) is 16.9. The molecule has 2 aromatic rings. The Kier molecular flexibility index (Phi) is 5.40. The third-order valence-electron chi connectivity index (χ3n) is 2.78. The molecule has 23 heavy (non-hydrogen) atoms. The lowest BCUT2D eigenvalue weighted by atomic mass is 10.3. The number of nitrogens with zero attached hydrogens (tertiary/aromatic N) is 3. The van der Waals surface area contributed by atoms with E-state index in [0.717, 1.165) is 6.26 Å². The number of sulfonamides is 1. The summed E-state index contributed by atoms with van der Waals surface area (Å²) in [5, 5.41) is 6.41. The summed E-state index contributed by atoms with van der Waals surface area (Å²) in [6.07, 6.45) is 2.95. The van der Waals surface area contributed by atoms with Crippen LogP contribution in [0.4, 0.5) is 0 Å². The van der Waals surface area contributed by atoms with Gasteiger partial charge >= 0.3 is 0 Å². The predicted molar refractivity (Wildman–Crippen MR) is 81.7 cm³/mol. The average Bonchev–Trinajstić information content (AvgIpc) is 2.95. The van der Waals surface area contributed by atoms with Crippen LogP contribution in [0.1, 0.15) is 12.8 Å². The van der Waals surface area contributed by atoms with E-state index in [1.165, 1.54) is 6.92 Å². The lowest BCUT2D eigenvalue weighted by molar-refractivity contribution is -0.122. The smallest absolute Gasteiger partial charge is 0.237 e. The molecule has 1 amide bonds. The number of hydrogen-bond acceptors (Lipinski definition) is 7. The first-order valence-electron chi connectivity index (χ1n) is 6.84. The SMILES string of the molecule is CC(NS(C)(=O)=O)C(=O)NCCc1nc(-c2ccccn2)no1. The van der Waals surface area contributed by atoms with Crippen LogP contribution in [0.15, 0.2) is 28.9 Å². The van der Waals surface area contributed by atoms with E-state index in [9.17, 15) is 13.2 Å². The fourth-order valence-corrected chi connectivity index (χ4v) is 2.53. The molecule has 0 saturated carbocycles. The van der Waals surface area contributed by atoms with Crippen molar-refractivity contribution >= 4 is 15.9 Å². The molecule has 0 fully saturated rings. The highest BCUT2D eigenvalue weighted by molar-refractivity contribution is 7.88. The highest BCUT2D eigenvalue weighted by atomic mass is 32.2. The molecule has 124 valence electrons. The van der Waals surface area contributed by atoms with E-state index in [1.54, 1.807) is 18.3 Å². The third-order valence-corrected chi connectivity index (χ3v) is 3.57. The van der Waals surface area contributed by atoms with Crippen LogP contribution in [0.3, 0.4) is 0 Å². The van der Waals surface area contributed by atoms with Crippen LogP contribution in [0, 0.1) is 0 Å². The fraction of sp³-hybridized carbons (Fsp3) is 0.385. The first kappa shape index (κ1) is 17.0. The number of nitrogens with one attached hydrogen (secondary N) is 2. The van der Waals surface area contributed by atoms with Gasteiger partial charge in [-0.3, -0.25) is 9.78 Å². The maximum absolute atomic E-state index is 11.7. The maximum atomic E-state index is 11.7. The average molecular weight is 339 g/mol. The molecule has 2 aromatic heterocycles. The van der Waals surface area contributed by atoms with Gasteiger partial charge in [-0.1, -0.05) is 11.2 Å². The normalized spacial score (nSPS) is 12.8. The van der Waals surface area contributed by atoms with Crippen molar-refractivity contribution in [3.8, 4) is 11.5 Å². The number of pyridine rings is 1. The van der Waals surface area contributed by atoms with Gasteiger partial charge in [0.15, 0.2) is 0 Å². The standard InChI is InChI=1S/C13H17N5O4S/c1-9(18-23(2,20)21)13(19)15-8-6-11-16-12(17-22-11)10-5-3-4-7-14-10/h3-5,7,9,18H,6,8H2,1-2H3,(H,15,19). The molecule has 2 heterocycles. The summed E-state index contributed by atoms with van der Waals surface area (Å²) in [5.41, 5.74) is 0.595. The monoisotopic (exact) mass is 339 g/mol. The highest BCUT2D eigenvalue weighted by Gasteiger charge is 2.17. The van der Waals surface area contributed by atoms with Crippen molar-refractivity contribution in [1.29, 1.82) is 0 Å². The maximum Gasteiger partial charge on any atom is 0.237 e. The molecule has 0 saturated heterocycles. The van der Waals surface area contributed by atoms with Crippen LogP contribution in [-0.4, -0.2) is 48.3 Å². The molecule has 1 atom stereocenters. The van der Waals surface area contributed by atoms with E-state index < -0.39 is 22.0 Å². The number of carbonyl (C=O) groups excluding carboxylic acids is 1. The Hall–Kier alpha value is -2.33. The molecule has 0 radical (unpaired) electrons. The van der Waals surface area contributed by atoms with Gasteiger partial charge < -0.3 is 9.84 Å². The first-order chi connectivity index (χ1) is 10.8. The Morgan fingerprint density at radius 2 is 2.17 bits per heavy atom. The predicted octanol–water partition coefficient (Wildman–Crippen LogP) is -0.272. The Labute approximate surface area is 133 Å². The van der Waals surface area contributed by atoms with Crippen LogP contribution in [0.25, 0.3) is 11.5 Å². The molecule has 0 spiro atoms. The first-order valence-corrected chi connectivity index (χ1v) is 8.73. The third kappa shape index (κ3) is 5.42. The molecular formula is C13H17N5O4S. The molecule has 9 nitrogen and oxygen atoms in total. The summed E-state index contributed by atoms with van der Waals surface area (Å²) in [4.78, 5) is 20.0. The Balaban J connectivity index is 1.83. The zero-order valence-electron chi connectivity index (χ0n) is 12.7. The molecule has 2 N–H and O–H groups in total. The topological polar surface area (TPSA) is 127 Å². The van der Waals surface area contributed by atoms with E-state index in [4.69, 9.17) is 4.52 Å². The molecule has 0 bridgehead atoms. The van der Waals surface area contributed by atoms with Crippen molar-refractivity contribution in [2.45, 2.75) is 19.4 Å². The van der Waals surface area contributed by atoms with Crippen molar-refractivity contribution in [3.63, 3.8) is 0 Å². The number of hydrogen-bond donors (Lipinski definition) is 2. The largest absolute Gasteiger partial charge is 0.354 e. The summed E-state index contributed by atoms with van der Waals surface area (Å²) in [6, 6.07) is 4.51. The highest BCUT2D eigenvalue weighted by Crippen LogP contribution is 2.11. The van der Waals surface area contributed by atoms with Gasteiger partial charge in [0.2, 0.25) is 27.6 Å². The Bertz CT molecular complexity index is 760. The molecule has 0 aliphatic carbocycles. The van der Waals surface area contributed by atoms with Crippen LogP contribution >= 0.6 is 0 Å². The molecular weight excluding hydrogens is 322 g/mol. The van der Waals surface area contributed by atoms with E-state index in [2.05, 4.69) is 25.2 Å². The summed E-state index contributed by atoms with van der Waals surface area (Å²) >= 11 is 0. The van der Waals surface area contributed by atoms with Gasteiger partial charge in [-0.15, -0.1) is 0 Å². The zero-order valence-corrected chi connectivity index (χ0v) is 13.5. The second kappa shape index (κ2) is 7.29. The summed E-state index contributed by atoms with van der Waals surface area (Å²) in [7, 11) is -3.43. The van der Waals surface area contributed by atoms with Crippen molar-refractivity contribution in [1.82, 2.24) is 25.2 Å².